The van der Waals surface area contributed by atoms with Crippen LogP contribution in [0, 0.1) is 0 Å². The largest absolute Gasteiger partial charge is 0.495 e. The smallest absolute Gasteiger partial charge is 0.243 e. The Bertz CT molecular complexity index is 684. The average molecular weight is 370 g/mol. The zero-order valence-corrected chi connectivity index (χ0v) is 15.6. The van der Waals surface area contributed by atoms with Crippen LogP contribution >= 0.6 is 0 Å². The van der Waals surface area contributed by atoms with E-state index in [9.17, 15) is 13.2 Å². The van der Waals surface area contributed by atoms with Gasteiger partial charge in [-0.3, -0.25) is 4.79 Å². The Morgan fingerprint density at radius 2 is 2.00 bits per heavy atom. The van der Waals surface area contributed by atoms with E-state index in [0.29, 0.717) is 44.2 Å². The van der Waals surface area contributed by atoms with Gasteiger partial charge in [0.1, 0.15) is 5.75 Å². The molecule has 0 unspecified atom stereocenters. The molecule has 8 heteroatoms. The SMILES string of the molecule is CCCCCC(=O)Nc1cc(S(=O)(=O)N2CCOCC2)ccc1OC. The second-order valence-corrected chi connectivity index (χ2v) is 7.82. The molecule has 0 radical (unpaired) electrons. The Kier molecular flexibility index (Phi) is 7.22. The third-order valence-corrected chi connectivity index (χ3v) is 5.95. The molecule has 25 heavy (non-hydrogen) atoms. The van der Waals surface area contributed by atoms with Crippen LogP contribution in [0.4, 0.5) is 5.69 Å². The van der Waals surface area contributed by atoms with Gasteiger partial charge in [0.25, 0.3) is 0 Å². The third-order valence-electron chi connectivity index (χ3n) is 4.06. The van der Waals surface area contributed by atoms with Crippen LogP contribution in [-0.4, -0.2) is 52.0 Å². The van der Waals surface area contributed by atoms with Crippen LogP contribution in [0.2, 0.25) is 0 Å². The minimum Gasteiger partial charge on any atom is -0.495 e. The summed E-state index contributed by atoms with van der Waals surface area (Å²) in [6.45, 7) is 3.49. The monoisotopic (exact) mass is 370 g/mol. The van der Waals surface area contributed by atoms with Gasteiger partial charge in [-0.2, -0.15) is 4.31 Å². The van der Waals surface area contributed by atoms with Crippen molar-refractivity contribution in [3.05, 3.63) is 18.2 Å². The highest BCUT2D eigenvalue weighted by molar-refractivity contribution is 7.89. The van der Waals surface area contributed by atoms with Gasteiger partial charge in [0.2, 0.25) is 15.9 Å². The maximum Gasteiger partial charge on any atom is 0.243 e. The number of nitrogens with one attached hydrogen (secondary N) is 1. The van der Waals surface area contributed by atoms with Crippen molar-refractivity contribution in [2.45, 2.75) is 37.5 Å². The Labute approximate surface area is 149 Å². The zero-order chi connectivity index (χ0) is 18.3. The maximum atomic E-state index is 12.8. The van der Waals surface area contributed by atoms with Crippen LogP contribution in [0.1, 0.15) is 32.6 Å². The van der Waals surface area contributed by atoms with Crippen LogP contribution < -0.4 is 10.1 Å². The highest BCUT2D eigenvalue weighted by Crippen LogP contribution is 2.29. The number of morpholine rings is 1. The molecule has 1 aliphatic rings. The first kappa shape index (κ1) is 19.7. The molecule has 1 aromatic rings. The summed E-state index contributed by atoms with van der Waals surface area (Å²) >= 11 is 0. The fourth-order valence-electron chi connectivity index (χ4n) is 2.63. The third kappa shape index (κ3) is 5.17. The zero-order valence-electron chi connectivity index (χ0n) is 14.8. The lowest BCUT2D eigenvalue weighted by atomic mass is 10.2. The second kappa shape index (κ2) is 9.17. The van der Waals surface area contributed by atoms with E-state index in [0.717, 1.165) is 19.3 Å². The van der Waals surface area contributed by atoms with Gasteiger partial charge in [-0.1, -0.05) is 19.8 Å². The number of carbonyl (C=O) groups excluding carboxylic acids is 1. The molecule has 0 bridgehead atoms. The topological polar surface area (TPSA) is 84.9 Å². The number of methoxy groups -OCH3 is 1. The Morgan fingerprint density at radius 3 is 2.64 bits per heavy atom. The summed E-state index contributed by atoms with van der Waals surface area (Å²) in [5.74, 6) is 0.289. The molecule has 1 N–H and O–H groups in total. The van der Waals surface area contributed by atoms with Crippen LogP contribution in [0.15, 0.2) is 23.1 Å². The maximum absolute atomic E-state index is 12.8. The number of amides is 1. The molecular formula is C17H26N2O5S. The summed E-state index contributed by atoms with van der Waals surface area (Å²) < 4.78 is 37.3. The highest BCUT2D eigenvalue weighted by Gasteiger charge is 2.27. The lowest BCUT2D eigenvalue weighted by molar-refractivity contribution is -0.116. The van der Waals surface area contributed by atoms with Gasteiger partial charge in [-0.25, -0.2) is 8.42 Å². The fourth-order valence-corrected chi connectivity index (χ4v) is 4.06. The van der Waals surface area contributed by atoms with E-state index < -0.39 is 10.0 Å². The quantitative estimate of drug-likeness (QED) is 0.710. The van der Waals surface area contributed by atoms with Crippen molar-refractivity contribution < 1.29 is 22.7 Å². The van der Waals surface area contributed by atoms with Gasteiger partial charge in [0.05, 0.1) is 30.9 Å². The molecule has 0 saturated carbocycles. The molecule has 140 valence electrons. The molecule has 1 saturated heterocycles. The Morgan fingerprint density at radius 1 is 1.28 bits per heavy atom. The first-order valence-electron chi connectivity index (χ1n) is 8.55. The standard InChI is InChI=1S/C17H26N2O5S/c1-3-4-5-6-17(20)18-15-13-14(7-8-16(15)23-2)25(21,22)19-9-11-24-12-10-19/h7-8,13H,3-6,9-12H2,1-2H3,(H,18,20). The summed E-state index contributed by atoms with van der Waals surface area (Å²) in [5.41, 5.74) is 0.373. The molecule has 1 heterocycles. The number of nitrogens with zero attached hydrogens (tertiary/aromatic N) is 1. The summed E-state index contributed by atoms with van der Waals surface area (Å²) in [7, 11) is -2.14. The second-order valence-electron chi connectivity index (χ2n) is 5.88. The number of hydrogen-bond donors (Lipinski definition) is 1. The van der Waals surface area contributed by atoms with Gasteiger partial charge in [0, 0.05) is 19.5 Å². The molecule has 1 aromatic carbocycles. The number of rotatable bonds is 8. The Balaban J connectivity index is 2.19. The first-order valence-corrected chi connectivity index (χ1v) is 9.99. The van der Waals surface area contributed by atoms with Crippen molar-refractivity contribution >= 4 is 21.6 Å². The summed E-state index contributed by atoms with van der Waals surface area (Å²) in [6.07, 6.45) is 3.22. The summed E-state index contributed by atoms with van der Waals surface area (Å²) in [4.78, 5) is 12.2. The molecular weight excluding hydrogens is 344 g/mol. The van der Waals surface area contributed by atoms with Crippen molar-refractivity contribution in [3.8, 4) is 5.75 Å². The minimum atomic E-state index is -3.62. The highest BCUT2D eigenvalue weighted by atomic mass is 32.2. The van der Waals surface area contributed by atoms with Gasteiger partial charge in [-0.15, -0.1) is 0 Å². The number of carbonyl (C=O) groups is 1. The van der Waals surface area contributed by atoms with E-state index in [4.69, 9.17) is 9.47 Å². The number of benzene rings is 1. The van der Waals surface area contributed by atoms with Crippen LogP contribution in [0.25, 0.3) is 0 Å². The molecule has 1 aliphatic heterocycles. The molecule has 1 amide bonds. The van der Waals surface area contributed by atoms with Crippen molar-refractivity contribution in [3.63, 3.8) is 0 Å². The fraction of sp³-hybridized carbons (Fsp3) is 0.588. The van der Waals surface area contributed by atoms with Crippen LogP contribution in [0.3, 0.4) is 0 Å². The number of hydrogen-bond acceptors (Lipinski definition) is 5. The lowest BCUT2D eigenvalue weighted by Crippen LogP contribution is -2.40. The normalized spacial score (nSPS) is 15.8. The number of unbranched alkanes of at least 4 members (excludes halogenated alkanes) is 2. The van der Waals surface area contributed by atoms with Crippen LogP contribution in [-0.2, 0) is 19.6 Å². The van der Waals surface area contributed by atoms with Crippen molar-refractivity contribution in [1.29, 1.82) is 0 Å². The van der Waals surface area contributed by atoms with Gasteiger partial charge in [0.15, 0.2) is 0 Å². The molecule has 0 aliphatic carbocycles. The van der Waals surface area contributed by atoms with Crippen molar-refractivity contribution in [2.24, 2.45) is 0 Å². The molecule has 0 aromatic heterocycles. The van der Waals surface area contributed by atoms with E-state index in [1.807, 2.05) is 0 Å². The van der Waals surface area contributed by atoms with Gasteiger partial charge < -0.3 is 14.8 Å². The molecule has 0 spiro atoms. The Hall–Kier alpha value is -1.64. The molecule has 7 nitrogen and oxygen atoms in total. The summed E-state index contributed by atoms with van der Waals surface area (Å²) in [5, 5.41) is 2.76. The number of sulfonamides is 1. The summed E-state index contributed by atoms with van der Waals surface area (Å²) in [6, 6.07) is 4.52. The number of anilines is 1. The van der Waals surface area contributed by atoms with E-state index in [1.165, 1.54) is 23.5 Å². The number of ether oxygens (including phenoxy) is 2. The lowest BCUT2D eigenvalue weighted by Gasteiger charge is -2.26. The predicted octanol–water partition coefficient (Wildman–Crippen LogP) is 2.23. The van der Waals surface area contributed by atoms with E-state index in [-0.39, 0.29) is 10.8 Å². The van der Waals surface area contributed by atoms with Crippen molar-refractivity contribution in [2.75, 3.05) is 38.7 Å². The molecule has 2 rings (SSSR count). The van der Waals surface area contributed by atoms with E-state index >= 15 is 0 Å². The van der Waals surface area contributed by atoms with Crippen LogP contribution in [0.5, 0.6) is 5.75 Å². The van der Waals surface area contributed by atoms with E-state index in [2.05, 4.69) is 12.2 Å². The predicted molar refractivity (Wildman–Crippen MR) is 95.3 cm³/mol. The van der Waals surface area contributed by atoms with Gasteiger partial charge in [-0.05, 0) is 24.6 Å². The minimum absolute atomic E-state index is 0.138. The van der Waals surface area contributed by atoms with E-state index in [1.54, 1.807) is 6.07 Å². The average Bonchev–Trinajstić information content (AvgIpc) is 2.62. The molecule has 1 fully saturated rings. The van der Waals surface area contributed by atoms with Gasteiger partial charge >= 0.3 is 0 Å². The van der Waals surface area contributed by atoms with Crippen molar-refractivity contribution in [1.82, 2.24) is 4.31 Å². The first-order chi connectivity index (χ1) is 12.0. The molecule has 0 atom stereocenters.